The van der Waals surface area contributed by atoms with Crippen molar-refractivity contribution in [1.29, 1.82) is 0 Å². The fraction of sp³-hybridized carbons (Fsp3) is 0.409. The van der Waals surface area contributed by atoms with E-state index in [1.54, 1.807) is 18.2 Å². The van der Waals surface area contributed by atoms with Crippen LogP contribution in [0, 0.1) is 0 Å². The van der Waals surface area contributed by atoms with Crippen LogP contribution in [0.15, 0.2) is 40.9 Å². The molecule has 0 unspecified atom stereocenters. The average Bonchev–Trinajstić information content (AvgIpc) is 3.38. The summed E-state index contributed by atoms with van der Waals surface area (Å²) >= 11 is 15.6. The SMILES string of the molecule is O=C(N[C@H]1CCN(Cc2ccc(O[C@@H]3CCNC3)c(Br)c2)C1)c1ccc(Cl)c(Cl)c1. The summed E-state index contributed by atoms with van der Waals surface area (Å²) in [7, 11) is 0. The Balaban J connectivity index is 1.29. The van der Waals surface area contributed by atoms with E-state index >= 15 is 0 Å². The zero-order valence-corrected chi connectivity index (χ0v) is 19.6. The van der Waals surface area contributed by atoms with Crippen molar-refractivity contribution >= 4 is 45.0 Å². The minimum absolute atomic E-state index is 0.118. The first-order chi connectivity index (χ1) is 14.5. The lowest BCUT2D eigenvalue weighted by molar-refractivity contribution is 0.0937. The van der Waals surface area contributed by atoms with Gasteiger partial charge in [-0.15, -0.1) is 0 Å². The lowest BCUT2D eigenvalue weighted by Crippen LogP contribution is -2.37. The molecule has 2 aromatic carbocycles. The number of halogens is 3. The van der Waals surface area contributed by atoms with Crippen LogP contribution in [-0.2, 0) is 6.54 Å². The number of ether oxygens (including phenoxy) is 1. The van der Waals surface area contributed by atoms with Gasteiger partial charge in [-0.3, -0.25) is 9.69 Å². The van der Waals surface area contributed by atoms with E-state index in [-0.39, 0.29) is 18.1 Å². The zero-order chi connectivity index (χ0) is 21.1. The van der Waals surface area contributed by atoms with E-state index in [0.29, 0.717) is 15.6 Å². The Morgan fingerprint density at radius 2 is 2.07 bits per heavy atom. The molecule has 0 spiro atoms. The molecule has 1 amide bonds. The van der Waals surface area contributed by atoms with E-state index in [1.165, 1.54) is 5.56 Å². The molecule has 4 rings (SSSR count). The van der Waals surface area contributed by atoms with Crippen LogP contribution in [0.4, 0.5) is 0 Å². The number of benzene rings is 2. The second-order valence-corrected chi connectivity index (χ2v) is 9.49. The number of amides is 1. The predicted octanol–water partition coefficient (Wildman–Crippen LogP) is 4.50. The normalized spacial score (nSPS) is 21.7. The maximum Gasteiger partial charge on any atom is 0.251 e. The molecule has 2 aromatic rings. The molecule has 160 valence electrons. The number of nitrogens with one attached hydrogen (secondary N) is 2. The van der Waals surface area contributed by atoms with E-state index in [1.807, 2.05) is 6.07 Å². The van der Waals surface area contributed by atoms with Gasteiger partial charge in [0.2, 0.25) is 0 Å². The molecule has 0 saturated carbocycles. The molecule has 2 heterocycles. The standard InChI is InChI=1S/C22H24BrCl2N3O2/c23-18-9-14(1-4-21(18)30-17-5-7-26-11-17)12-28-8-6-16(13-28)27-22(29)15-2-3-19(24)20(25)10-15/h1-4,9-10,16-17,26H,5-8,11-13H2,(H,27,29)/t16-,17+/m0/s1. The van der Waals surface area contributed by atoms with Gasteiger partial charge < -0.3 is 15.4 Å². The van der Waals surface area contributed by atoms with Crippen LogP contribution in [0.5, 0.6) is 5.75 Å². The van der Waals surface area contributed by atoms with Gasteiger partial charge >= 0.3 is 0 Å². The van der Waals surface area contributed by atoms with Gasteiger partial charge in [-0.1, -0.05) is 29.3 Å². The van der Waals surface area contributed by atoms with Crippen LogP contribution in [0.25, 0.3) is 0 Å². The van der Waals surface area contributed by atoms with Crippen molar-refractivity contribution in [2.45, 2.75) is 31.5 Å². The Morgan fingerprint density at radius 3 is 2.80 bits per heavy atom. The Bertz CT molecular complexity index is 921. The zero-order valence-electron chi connectivity index (χ0n) is 16.5. The van der Waals surface area contributed by atoms with Crippen molar-refractivity contribution in [2.24, 2.45) is 0 Å². The van der Waals surface area contributed by atoms with Gasteiger partial charge in [0.05, 0.1) is 14.5 Å². The van der Waals surface area contributed by atoms with E-state index in [4.69, 9.17) is 27.9 Å². The maximum absolute atomic E-state index is 12.5. The molecule has 0 bridgehead atoms. The Hall–Kier alpha value is -1.31. The monoisotopic (exact) mass is 511 g/mol. The number of nitrogens with zero attached hydrogens (tertiary/aromatic N) is 1. The highest BCUT2D eigenvalue weighted by atomic mass is 79.9. The van der Waals surface area contributed by atoms with Crippen molar-refractivity contribution in [2.75, 3.05) is 26.2 Å². The van der Waals surface area contributed by atoms with Gasteiger partial charge in [0.15, 0.2) is 0 Å². The molecule has 30 heavy (non-hydrogen) atoms. The van der Waals surface area contributed by atoms with E-state index in [0.717, 1.165) is 55.8 Å². The molecule has 5 nitrogen and oxygen atoms in total. The topological polar surface area (TPSA) is 53.6 Å². The molecule has 2 N–H and O–H groups in total. The first-order valence-corrected chi connectivity index (χ1v) is 11.7. The lowest BCUT2D eigenvalue weighted by atomic mass is 10.2. The van der Waals surface area contributed by atoms with E-state index in [9.17, 15) is 4.79 Å². The number of likely N-dealkylation sites (tertiary alicyclic amines) is 1. The fourth-order valence-electron chi connectivity index (χ4n) is 3.90. The van der Waals surface area contributed by atoms with Gasteiger partial charge in [-0.05, 0) is 71.2 Å². The first-order valence-electron chi connectivity index (χ1n) is 10.1. The first kappa shape index (κ1) is 21.9. The summed E-state index contributed by atoms with van der Waals surface area (Å²) in [5, 5.41) is 7.25. The minimum Gasteiger partial charge on any atom is -0.488 e. The van der Waals surface area contributed by atoms with Gasteiger partial charge in [0, 0.05) is 37.8 Å². The number of hydrogen-bond donors (Lipinski definition) is 2. The Morgan fingerprint density at radius 1 is 1.20 bits per heavy atom. The molecule has 8 heteroatoms. The molecule has 0 aliphatic carbocycles. The second-order valence-electron chi connectivity index (χ2n) is 7.82. The van der Waals surface area contributed by atoms with Crippen molar-refractivity contribution in [1.82, 2.24) is 15.5 Å². The third kappa shape index (κ3) is 5.48. The molecule has 2 saturated heterocycles. The average molecular weight is 513 g/mol. The predicted molar refractivity (Wildman–Crippen MR) is 124 cm³/mol. The van der Waals surface area contributed by atoms with Crippen molar-refractivity contribution < 1.29 is 9.53 Å². The molecule has 0 aromatic heterocycles. The Labute approximate surface area is 195 Å². The summed E-state index contributed by atoms with van der Waals surface area (Å²) in [6, 6.07) is 11.3. The van der Waals surface area contributed by atoms with Gasteiger partial charge in [-0.2, -0.15) is 0 Å². The molecule has 2 atom stereocenters. The number of carbonyl (C=O) groups is 1. The van der Waals surface area contributed by atoms with Crippen LogP contribution in [0.1, 0.15) is 28.8 Å². The lowest BCUT2D eigenvalue weighted by Gasteiger charge is -2.18. The number of carbonyl (C=O) groups excluding carboxylic acids is 1. The third-order valence-electron chi connectivity index (χ3n) is 5.50. The number of hydrogen-bond acceptors (Lipinski definition) is 4. The van der Waals surface area contributed by atoms with Crippen molar-refractivity contribution in [3.05, 3.63) is 62.0 Å². The highest BCUT2D eigenvalue weighted by molar-refractivity contribution is 9.10. The van der Waals surface area contributed by atoms with Crippen LogP contribution in [0.2, 0.25) is 10.0 Å². The maximum atomic E-state index is 12.5. The second kappa shape index (κ2) is 9.88. The molecule has 2 aliphatic rings. The largest absolute Gasteiger partial charge is 0.488 e. The van der Waals surface area contributed by atoms with E-state index in [2.05, 4.69) is 43.6 Å². The quantitative estimate of drug-likeness (QED) is 0.598. The van der Waals surface area contributed by atoms with Crippen LogP contribution in [0.3, 0.4) is 0 Å². The number of rotatable bonds is 6. The van der Waals surface area contributed by atoms with Crippen LogP contribution >= 0.6 is 39.1 Å². The smallest absolute Gasteiger partial charge is 0.251 e. The molecule has 2 fully saturated rings. The highest BCUT2D eigenvalue weighted by Crippen LogP contribution is 2.29. The minimum atomic E-state index is -0.119. The molecular weight excluding hydrogens is 489 g/mol. The summed E-state index contributed by atoms with van der Waals surface area (Å²) < 4.78 is 7.04. The Kier molecular flexibility index (Phi) is 7.21. The highest BCUT2D eigenvalue weighted by Gasteiger charge is 2.25. The van der Waals surface area contributed by atoms with Gasteiger partial charge in [0.25, 0.3) is 5.91 Å². The van der Waals surface area contributed by atoms with Crippen molar-refractivity contribution in [3.63, 3.8) is 0 Å². The third-order valence-corrected chi connectivity index (χ3v) is 6.86. The summed E-state index contributed by atoms with van der Waals surface area (Å²) in [6.45, 7) is 4.50. The molecule has 0 radical (unpaired) electrons. The summed E-state index contributed by atoms with van der Waals surface area (Å²) in [4.78, 5) is 14.8. The summed E-state index contributed by atoms with van der Waals surface area (Å²) in [5.74, 6) is 0.770. The van der Waals surface area contributed by atoms with Crippen molar-refractivity contribution in [3.8, 4) is 5.75 Å². The van der Waals surface area contributed by atoms with Crippen LogP contribution < -0.4 is 15.4 Å². The molecule has 2 aliphatic heterocycles. The van der Waals surface area contributed by atoms with E-state index < -0.39 is 0 Å². The van der Waals surface area contributed by atoms with Gasteiger partial charge in [-0.25, -0.2) is 0 Å². The molecular formula is C22H24BrCl2N3O2. The van der Waals surface area contributed by atoms with Crippen LogP contribution in [-0.4, -0.2) is 49.1 Å². The van der Waals surface area contributed by atoms with Gasteiger partial charge in [0.1, 0.15) is 11.9 Å². The summed E-state index contributed by atoms with van der Waals surface area (Å²) in [6.07, 6.45) is 2.20. The fourth-order valence-corrected chi connectivity index (χ4v) is 4.72. The summed E-state index contributed by atoms with van der Waals surface area (Å²) in [5.41, 5.74) is 1.75.